The van der Waals surface area contributed by atoms with Crippen LogP contribution >= 0.6 is 0 Å². The lowest BCUT2D eigenvalue weighted by atomic mass is 10.0. The van der Waals surface area contributed by atoms with E-state index in [1.54, 1.807) is 0 Å². The average Bonchev–Trinajstić information content (AvgIpc) is 2.45. The first-order valence-electron chi connectivity index (χ1n) is 6.57. The van der Waals surface area contributed by atoms with Crippen LogP contribution in [0.25, 0.3) is 21.8 Å². The van der Waals surface area contributed by atoms with Gasteiger partial charge in [0.25, 0.3) is 0 Å². The van der Waals surface area contributed by atoms with Gasteiger partial charge in [0.1, 0.15) is 5.82 Å². The number of nitrogens with zero attached hydrogens (tertiary/aromatic N) is 2. The number of benzene rings is 1. The summed E-state index contributed by atoms with van der Waals surface area (Å²) in [6, 6.07) is 10.5. The van der Waals surface area contributed by atoms with Crippen LogP contribution in [0.5, 0.6) is 0 Å². The van der Waals surface area contributed by atoms with Gasteiger partial charge in [-0.2, -0.15) is 0 Å². The van der Waals surface area contributed by atoms with E-state index in [-0.39, 0.29) is 0 Å². The van der Waals surface area contributed by atoms with Gasteiger partial charge in [0.05, 0.1) is 11.0 Å². The molecule has 0 aliphatic carbocycles. The van der Waals surface area contributed by atoms with Crippen LogP contribution in [0.3, 0.4) is 0 Å². The SMILES string of the molecule is CNc1nc2c(ccc3cccnc32)cc1C(C)C. The predicted molar refractivity (Wildman–Crippen MR) is 80.7 cm³/mol. The standard InChI is InChI=1S/C16H17N3/c1-10(2)13-9-12-7-6-11-5-4-8-18-14(11)15(12)19-16(13)17-3/h4-10H,1-3H3,(H,17,19). The van der Waals surface area contributed by atoms with Gasteiger partial charge in [0.15, 0.2) is 0 Å². The summed E-state index contributed by atoms with van der Waals surface area (Å²) in [6.45, 7) is 4.37. The van der Waals surface area contributed by atoms with Crippen LogP contribution in [0.4, 0.5) is 5.82 Å². The van der Waals surface area contributed by atoms with E-state index >= 15 is 0 Å². The van der Waals surface area contributed by atoms with Gasteiger partial charge >= 0.3 is 0 Å². The Kier molecular flexibility index (Phi) is 2.82. The van der Waals surface area contributed by atoms with Crippen molar-refractivity contribution in [2.75, 3.05) is 12.4 Å². The Morgan fingerprint density at radius 3 is 2.58 bits per heavy atom. The first kappa shape index (κ1) is 11.9. The van der Waals surface area contributed by atoms with Gasteiger partial charge in [-0.15, -0.1) is 0 Å². The maximum absolute atomic E-state index is 4.77. The van der Waals surface area contributed by atoms with Crippen LogP contribution in [-0.2, 0) is 0 Å². The maximum atomic E-state index is 4.77. The van der Waals surface area contributed by atoms with Crippen molar-refractivity contribution in [3.8, 4) is 0 Å². The summed E-state index contributed by atoms with van der Waals surface area (Å²) in [5.41, 5.74) is 3.17. The Morgan fingerprint density at radius 1 is 1.05 bits per heavy atom. The lowest BCUT2D eigenvalue weighted by Gasteiger charge is -2.13. The molecule has 0 fully saturated rings. The van der Waals surface area contributed by atoms with Crippen molar-refractivity contribution < 1.29 is 0 Å². The number of nitrogens with one attached hydrogen (secondary N) is 1. The van der Waals surface area contributed by atoms with E-state index in [4.69, 9.17) is 4.98 Å². The highest BCUT2D eigenvalue weighted by Crippen LogP contribution is 2.29. The van der Waals surface area contributed by atoms with Gasteiger partial charge in [-0.25, -0.2) is 4.98 Å². The Labute approximate surface area is 112 Å². The molecule has 0 unspecified atom stereocenters. The first-order chi connectivity index (χ1) is 9.20. The molecule has 2 heterocycles. The molecule has 96 valence electrons. The molecule has 3 heteroatoms. The second-order valence-electron chi connectivity index (χ2n) is 5.04. The molecule has 0 saturated carbocycles. The Balaban J connectivity index is 2.41. The fourth-order valence-electron chi connectivity index (χ4n) is 2.43. The van der Waals surface area contributed by atoms with E-state index in [1.165, 1.54) is 5.56 Å². The molecule has 0 bridgehead atoms. The van der Waals surface area contributed by atoms with E-state index < -0.39 is 0 Å². The molecular weight excluding hydrogens is 234 g/mol. The summed E-state index contributed by atoms with van der Waals surface area (Å²) >= 11 is 0. The maximum Gasteiger partial charge on any atom is 0.129 e. The molecule has 0 aliphatic rings. The number of hydrogen-bond acceptors (Lipinski definition) is 3. The summed E-state index contributed by atoms with van der Waals surface area (Å²) in [5, 5.41) is 5.47. The highest BCUT2D eigenvalue weighted by Gasteiger charge is 2.11. The van der Waals surface area contributed by atoms with Crippen molar-refractivity contribution in [3.63, 3.8) is 0 Å². The number of fused-ring (bicyclic) bond motifs is 3. The molecule has 0 aliphatic heterocycles. The second-order valence-corrected chi connectivity index (χ2v) is 5.04. The third-order valence-electron chi connectivity index (χ3n) is 3.45. The molecule has 3 rings (SSSR count). The minimum atomic E-state index is 0.443. The molecular formula is C16H17N3. The van der Waals surface area contributed by atoms with Crippen LogP contribution in [0.15, 0.2) is 36.5 Å². The molecule has 0 amide bonds. The molecule has 0 spiro atoms. The van der Waals surface area contributed by atoms with Crippen LogP contribution < -0.4 is 5.32 Å². The van der Waals surface area contributed by atoms with Crippen LogP contribution in [-0.4, -0.2) is 17.0 Å². The van der Waals surface area contributed by atoms with Crippen molar-refractivity contribution in [1.82, 2.24) is 9.97 Å². The smallest absolute Gasteiger partial charge is 0.129 e. The largest absolute Gasteiger partial charge is 0.373 e. The topological polar surface area (TPSA) is 37.8 Å². The lowest BCUT2D eigenvalue weighted by molar-refractivity contribution is 0.864. The van der Waals surface area contributed by atoms with E-state index in [9.17, 15) is 0 Å². The minimum absolute atomic E-state index is 0.443. The second kappa shape index (κ2) is 4.50. The fourth-order valence-corrected chi connectivity index (χ4v) is 2.43. The van der Waals surface area contributed by atoms with Crippen molar-refractivity contribution in [2.24, 2.45) is 0 Å². The Hall–Kier alpha value is -2.16. The molecule has 3 aromatic rings. The molecule has 0 radical (unpaired) electrons. The highest BCUT2D eigenvalue weighted by molar-refractivity contribution is 6.03. The minimum Gasteiger partial charge on any atom is -0.373 e. The molecule has 3 nitrogen and oxygen atoms in total. The van der Waals surface area contributed by atoms with Gasteiger partial charge in [0.2, 0.25) is 0 Å². The summed E-state index contributed by atoms with van der Waals surface area (Å²) in [4.78, 5) is 9.24. The number of anilines is 1. The molecule has 2 aromatic heterocycles. The van der Waals surface area contributed by atoms with Crippen molar-refractivity contribution in [1.29, 1.82) is 0 Å². The zero-order valence-corrected chi connectivity index (χ0v) is 11.4. The molecule has 0 atom stereocenters. The van der Waals surface area contributed by atoms with E-state index in [0.29, 0.717) is 5.92 Å². The molecule has 0 saturated heterocycles. The normalized spacial score (nSPS) is 11.4. The quantitative estimate of drug-likeness (QED) is 0.701. The van der Waals surface area contributed by atoms with Gasteiger partial charge in [-0.1, -0.05) is 32.0 Å². The highest BCUT2D eigenvalue weighted by atomic mass is 15.0. The van der Waals surface area contributed by atoms with Crippen LogP contribution in [0.2, 0.25) is 0 Å². The molecule has 19 heavy (non-hydrogen) atoms. The number of aromatic nitrogens is 2. The Morgan fingerprint density at radius 2 is 1.84 bits per heavy atom. The van der Waals surface area contributed by atoms with Gasteiger partial charge in [-0.05, 0) is 23.6 Å². The average molecular weight is 251 g/mol. The van der Waals surface area contributed by atoms with Crippen molar-refractivity contribution in [3.05, 3.63) is 42.1 Å². The van der Waals surface area contributed by atoms with Crippen LogP contribution in [0, 0.1) is 0 Å². The van der Waals surface area contributed by atoms with Gasteiger partial charge in [-0.3, -0.25) is 4.98 Å². The molecule has 1 N–H and O–H groups in total. The summed E-state index contributed by atoms with van der Waals surface area (Å²) in [5.74, 6) is 1.39. The predicted octanol–water partition coefficient (Wildman–Crippen LogP) is 3.95. The summed E-state index contributed by atoms with van der Waals surface area (Å²) in [7, 11) is 1.92. The lowest BCUT2D eigenvalue weighted by Crippen LogP contribution is -2.01. The number of rotatable bonds is 2. The van der Waals surface area contributed by atoms with Gasteiger partial charge in [0, 0.05) is 24.0 Å². The zero-order chi connectivity index (χ0) is 13.4. The fraction of sp³-hybridized carbons (Fsp3) is 0.250. The number of pyridine rings is 2. The van der Waals surface area contributed by atoms with Gasteiger partial charge < -0.3 is 5.32 Å². The van der Waals surface area contributed by atoms with Crippen molar-refractivity contribution in [2.45, 2.75) is 19.8 Å². The first-order valence-corrected chi connectivity index (χ1v) is 6.57. The number of hydrogen-bond donors (Lipinski definition) is 1. The Bertz CT molecular complexity index is 747. The van der Waals surface area contributed by atoms with Crippen molar-refractivity contribution >= 4 is 27.6 Å². The molecule has 1 aromatic carbocycles. The third-order valence-corrected chi connectivity index (χ3v) is 3.45. The van der Waals surface area contributed by atoms with Crippen LogP contribution in [0.1, 0.15) is 25.3 Å². The van der Waals surface area contributed by atoms with E-state index in [2.05, 4.69) is 48.4 Å². The third kappa shape index (κ3) is 1.91. The summed E-state index contributed by atoms with van der Waals surface area (Å²) < 4.78 is 0. The monoisotopic (exact) mass is 251 g/mol. The van der Waals surface area contributed by atoms with E-state index in [1.807, 2.05) is 19.3 Å². The summed E-state index contributed by atoms with van der Waals surface area (Å²) in [6.07, 6.45) is 1.82. The van der Waals surface area contributed by atoms with E-state index in [0.717, 1.165) is 27.6 Å². The zero-order valence-electron chi connectivity index (χ0n) is 11.4.